The second-order valence-corrected chi connectivity index (χ2v) is 12.5. The summed E-state index contributed by atoms with van der Waals surface area (Å²) in [6.45, 7) is 1.98. The molecule has 232 valence electrons. The number of allylic oxidation sites excluding steroid dienone is 3. The fourth-order valence-electron chi connectivity index (χ4n) is 7.47. The lowest BCUT2D eigenvalue weighted by Gasteiger charge is -2.18. The maximum atomic E-state index is 6.51. The molecule has 0 aliphatic heterocycles. The lowest BCUT2D eigenvalue weighted by Crippen LogP contribution is -1.99. The van der Waals surface area contributed by atoms with E-state index in [1.807, 2.05) is 31.3 Å². The van der Waals surface area contributed by atoms with Gasteiger partial charge in [0.25, 0.3) is 0 Å². The number of hydrogen-bond acceptors (Lipinski definition) is 2. The van der Waals surface area contributed by atoms with Crippen LogP contribution in [0.15, 0.2) is 170 Å². The molecule has 2 heterocycles. The zero-order valence-corrected chi connectivity index (χ0v) is 27.1. The van der Waals surface area contributed by atoms with Crippen molar-refractivity contribution in [3.8, 4) is 27.9 Å². The number of para-hydroxylation sites is 1. The Kier molecular flexibility index (Phi) is 6.84. The minimum absolute atomic E-state index is 0.637. The first kappa shape index (κ1) is 28.7. The van der Waals surface area contributed by atoms with E-state index in [-0.39, 0.29) is 0 Å². The Morgan fingerprint density at radius 2 is 1.12 bits per heavy atom. The second kappa shape index (κ2) is 11.7. The van der Waals surface area contributed by atoms with Crippen LogP contribution in [0.2, 0.25) is 0 Å². The fourth-order valence-corrected chi connectivity index (χ4v) is 7.47. The lowest BCUT2D eigenvalue weighted by molar-refractivity contribution is 1.16. The topological polar surface area (TPSA) is 43.8 Å². The van der Waals surface area contributed by atoms with Crippen molar-refractivity contribution in [2.75, 3.05) is 0 Å². The minimum atomic E-state index is 0.637. The number of aromatic nitrogens is 2. The molecule has 0 atom stereocenters. The maximum absolute atomic E-state index is 6.51. The molecule has 0 unspecified atom stereocenters. The standard InChI is InChI=1S/C46H33N3/c1-2-3-21-41(47)42-28-40-39-27-33(24-25-43(39)49(44(40)29-48-42)34-15-5-4-6-16-34)46-37-19-11-9-17-35(37)45(36-18-10-12-20-38(36)46)32-23-22-30-13-7-8-14-31(30)26-32/h2-29H,47H2,1H3/b3-2-,41-21-. The normalized spacial score (nSPS) is 12.3. The Bertz CT molecular complexity index is 2730. The van der Waals surface area contributed by atoms with Gasteiger partial charge in [-0.1, -0.05) is 121 Å². The molecule has 0 radical (unpaired) electrons. The van der Waals surface area contributed by atoms with Gasteiger partial charge in [0.2, 0.25) is 0 Å². The van der Waals surface area contributed by atoms with Gasteiger partial charge in [-0.05, 0) is 104 Å². The van der Waals surface area contributed by atoms with Crippen LogP contribution in [-0.4, -0.2) is 9.55 Å². The Morgan fingerprint density at radius 3 is 1.80 bits per heavy atom. The van der Waals surface area contributed by atoms with E-state index in [1.54, 1.807) is 0 Å². The molecular formula is C46H33N3. The van der Waals surface area contributed by atoms with Crippen molar-refractivity contribution < 1.29 is 0 Å². The van der Waals surface area contributed by atoms with Gasteiger partial charge >= 0.3 is 0 Å². The Balaban J connectivity index is 1.35. The summed E-state index contributed by atoms with van der Waals surface area (Å²) in [7, 11) is 0. The second-order valence-electron chi connectivity index (χ2n) is 12.5. The predicted octanol–water partition coefficient (Wildman–Crippen LogP) is 11.8. The number of hydrogen-bond donors (Lipinski definition) is 1. The fraction of sp³-hybridized carbons (Fsp3) is 0.0217. The van der Waals surface area contributed by atoms with Crippen LogP contribution in [0, 0.1) is 0 Å². The molecule has 9 aromatic rings. The maximum Gasteiger partial charge on any atom is 0.0866 e. The van der Waals surface area contributed by atoms with Crippen LogP contribution in [-0.2, 0) is 0 Å². The molecule has 0 bridgehead atoms. The molecule has 0 saturated carbocycles. The molecule has 0 aliphatic rings. The van der Waals surface area contributed by atoms with Crippen molar-refractivity contribution in [2.45, 2.75) is 6.92 Å². The highest BCUT2D eigenvalue weighted by molar-refractivity contribution is 6.22. The zero-order valence-electron chi connectivity index (χ0n) is 27.1. The summed E-state index contributed by atoms with van der Waals surface area (Å²) in [6, 6.07) is 52.7. The smallest absolute Gasteiger partial charge is 0.0866 e. The Hall–Kier alpha value is -6.45. The van der Waals surface area contributed by atoms with Gasteiger partial charge in [0.1, 0.15) is 0 Å². The SMILES string of the molecule is C/C=C\C=C(/N)c1cc2c3cc(-c4c5ccccc5c(-c5ccc6ccccc6c5)c5ccccc45)ccc3n(-c3ccccc3)c2cn1. The van der Waals surface area contributed by atoms with Gasteiger partial charge in [0, 0.05) is 16.5 Å². The highest BCUT2D eigenvalue weighted by Crippen LogP contribution is 2.45. The Morgan fingerprint density at radius 1 is 0.551 bits per heavy atom. The largest absolute Gasteiger partial charge is 0.397 e. The third-order valence-electron chi connectivity index (χ3n) is 9.69. The van der Waals surface area contributed by atoms with Gasteiger partial charge in [-0.2, -0.15) is 0 Å². The van der Waals surface area contributed by atoms with Crippen LogP contribution >= 0.6 is 0 Å². The van der Waals surface area contributed by atoms with E-state index in [2.05, 4.69) is 150 Å². The predicted molar refractivity (Wildman–Crippen MR) is 209 cm³/mol. The number of benzene rings is 7. The first-order valence-electron chi connectivity index (χ1n) is 16.7. The molecule has 0 spiro atoms. The van der Waals surface area contributed by atoms with E-state index in [0.29, 0.717) is 5.70 Å². The zero-order chi connectivity index (χ0) is 32.9. The third kappa shape index (κ3) is 4.70. The van der Waals surface area contributed by atoms with Gasteiger partial charge in [-0.3, -0.25) is 4.98 Å². The lowest BCUT2D eigenvalue weighted by atomic mass is 9.85. The summed E-state index contributed by atoms with van der Waals surface area (Å²) in [5.41, 5.74) is 16.1. The van der Waals surface area contributed by atoms with E-state index >= 15 is 0 Å². The molecule has 0 fully saturated rings. The van der Waals surface area contributed by atoms with Gasteiger partial charge < -0.3 is 10.3 Å². The van der Waals surface area contributed by atoms with E-state index in [4.69, 9.17) is 10.7 Å². The van der Waals surface area contributed by atoms with Crippen molar-refractivity contribution in [3.05, 3.63) is 176 Å². The molecule has 7 aromatic carbocycles. The van der Waals surface area contributed by atoms with Crippen LogP contribution < -0.4 is 5.73 Å². The van der Waals surface area contributed by atoms with Crippen molar-refractivity contribution in [1.82, 2.24) is 9.55 Å². The van der Waals surface area contributed by atoms with Crippen molar-refractivity contribution >= 4 is 59.8 Å². The van der Waals surface area contributed by atoms with Crippen LogP contribution in [0.3, 0.4) is 0 Å². The van der Waals surface area contributed by atoms with Crippen molar-refractivity contribution in [2.24, 2.45) is 5.73 Å². The first-order valence-corrected chi connectivity index (χ1v) is 16.7. The van der Waals surface area contributed by atoms with Gasteiger partial charge in [0.05, 0.1) is 28.6 Å². The average Bonchev–Trinajstić information content (AvgIpc) is 3.49. The van der Waals surface area contributed by atoms with Crippen molar-refractivity contribution in [1.29, 1.82) is 0 Å². The monoisotopic (exact) mass is 627 g/mol. The molecule has 0 aliphatic carbocycles. The number of nitrogens with zero attached hydrogens (tertiary/aromatic N) is 2. The van der Waals surface area contributed by atoms with Crippen LogP contribution in [0.1, 0.15) is 12.6 Å². The molecule has 49 heavy (non-hydrogen) atoms. The molecule has 9 rings (SSSR count). The third-order valence-corrected chi connectivity index (χ3v) is 9.69. The highest BCUT2D eigenvalue weighted by Gasteiger charge is 2.19. The summed E-state index contributed by atoms with van der Waals surface area (Å²) in [4.78, 5) is 4.81. The average molecular weight is 628 g/mol. The minimum Gasteiger partial charge on any atom is -0.397 e. The molecule has 0 amide bonds. The number of rotatable bonds is 5. The molecule has 3 nitrogen and oxygen atoms in total. The summed E-state index contributed by atoms with van der Waals surface area (Å²) in [5, 5.41) is 9.71. The van der Waals surface area contributed by atoms with E-state index in [1.165, 1.54) is 54.6 Å². The number of pyridine rings is 1. The Labute approximate surface area is 284 Å². The molecule has 0 saturated heterocycles. The number of nitrogens with two attached hydrogens (primary N) is 1. The summed E-state index contributed by atoms with van der Waals surface area (Å²) in [6.07, 6.45) is 7.78. The quantitative estimate of drug-likeness (QED) is 0.152. The van der Waals surface area contributed by atoms with E-state index in [0.717, 1.165) is 33.2 Å². The van der Waals surface area contributed by atoms with Crippen LogP contribution in [0.25, 0.3) is 87.8 Å². The molecule has 2 N–H and O–H groups in total. The van der Waals surface area contributed by atoms with Crippen LogP contribution in [0.5, 0.6) is 0 Å². The summed E-state index contributed by atoms with van der Waals surface area (Å²) < 4.78 is 2.30. The number of fused-ring (bicyclic) bond motifs is 6. The highest BCUT2D eigenvalue weighted by atomic mass is 15.0. The van der Waals surface area contributed by atoms with E-state index in [9.17, 15) is 0 Å². The van der Waals surface area contributed by atoms with Crippen molar-refractivity contribution in [3.63, 3.8) is 0 Å². The van der Waals surface area contributed by atoms with Gasteiger partial charge in [-0.25, -0.2) is 0 Å². The summed E-state index contributed by atoms with van der Waals surface area (Å²) in [5.74, 6) is 0. The van der Waals surface area contributed by atoms with E-state index < -0.39 is 0 Å². The molecule has 2 aromatic heterocycles. The first-order chi connectivity index (χ1) is 24.2. The summed E-state index contributed by atoms with van der Waals surface area (Å²) >= 11 is 0. The van der Waals surface area contributed by atoms with Crippen LogP contribution in [0.4, 0.5) is 0 Å². The van der Waals surface area contributed by atoms with Gasteiger partial charge in [-0.15, -0.1) is 0 Å². The van der Waals surface area contributed by atoms with Gasteiger partial charge in [0.15, 0.2) is 0 Å². The molecule has 3 heteroatoms. The molecular weight excluding hydrogens is 595 g/mol.